The highest BCUT2D eigenvalue weighted by atomic mass is 35.5. The lowest BCUT2D eigenvalue weighted by molar-refractivity contribution is 0.0939. The van der Waals surface area contributed by atoms with E-state index < -0.39 is 0 Å². The summed E-state index contributed by atoms with van der Waals surface area (Å²) in [7, 11) is 0. The van der Waals surface area contributed by atoms with Crippen molar-refractivity contribution < 1.29 is 4.79 Å². The number of benzene rings is 2. The lowest BCUT2D eigenvalue weighted by atomic mass is 10.1. The zero-order chi connectivity index (χ0) is 19.4. The molecule has 1 aromatic heterocycles. The number of hydrogen-bond donors (Lipinski definition) is 1. The van der Waals surface area contributed by atoms with Crippen molar-refractivity contribution in [1.29, 1.82) is 0 Å². The van der Waals surface area contributed by atoms with Gasteiger partial charge >= 0.3 is 0 Å². The molecule has 0 fully saturated rings. The third-order valence-electron chi connectivity index (χ3n) is 4.30. The van der Waals surface area contributed by atoms with Crippen LogP contribution >= 0.6 is 23.2 Å². The average Bonchev–Trinajstić information content (AvgIpc) is 2.91. The molecule has 1 N–H and O–H groups in total. The van der Waals surface area contributed by atoms with Crippen LogP contribution in [0.3, 0.4) is 0 Å². The van der Waals surface area contributed by atoms with Crippen molar-refractivity contribution in [3.8, 4) is 0 Å². The van der Waals surface area contributed by atoms with E-state index in [-0.39, 0.29) is 11.9 Å². The molecule has 140 valence electrons. The average molecular weight is 402 g/mol. The van der Waals surface area contributed by atoms with Gasteiger partial charge in [0.05, 0.1) is 17.8 Å². The highest BCUT2D eigenvalue weighted by Crippen LogP contribution is 2.21. The van der Waals surface area contributed by atoms with E-state index >= 15 is 0 Å². The summed E-state index contributed by atoms with van der Waals surface area (Å²) in [6.45, 7) is 4.28. The van der Waals surface area contributed by atoms with Gasteiger partial charge in [0, 0.05) is 11.1 Å². The molecular formula is C21H21Cl2N3O. The van der Waals surface area contributed by atoms with Crippen molar-refractivity contribution in [3.63, 3.8) is 0 Å². The molecule has 27 heavy (non-hydrogen) atoms. The Kier molecular flexibility index (Phi) is 6.19. The Labute approximate surface area is 169 Å². The molecule has 0 aliphatic rings. The first-order valence-corrected chi connectivity index (χ1v) is 9.51. The Morgan fingerprint density at radius 1 is 1.07 bits per heavy atom. The van der Waals surface area contributed by atoms with Gasteiger partial charge in [-0.1, -0.05) is 65.7 Å². The number of halogens is 2. The predicted molar refractivity (Wildman–Crippen MR) is 110 cm³/mol. The Balaban J connectivity index is 1.70. The highest BCUT2D eigenvalue weighted by Gasteiger charge is 2.21. The molecule has 4 nitrogen and oxygen atoms in total. The molecule has 1 amide bonds. The number of nitrogens with one attached hydrogen (secondary N) is 1. The summed E-state index contributed by atoms with van der Waals surface area (Å²) in [6.07, 6.45) is 0.706. The topological polar surface area (TPSA) is 46.9 Å². The maximum absolute atomic E-state index is 12.7. The molecule has 6 heteroatoms. The minimum Gasteiger partial charge on any atom is -0.349 e. The van der Waals surface area contributed by atoms with Crippen LogP contribution < -0.4 is 5.32 Å². The number of amides is 1. The van der Waals surface area contributed by atoms with Crippen LogP contribution in [0.2, 0.25) is 10.2 Å². The number of carbonyl (C=O) groups is 1. The summed E-state index contributed by atoms with van der Waals surface area (Å²) in [4.78, 5) is 12.7. The number of hydrogen-bond acceptors (Lipinski definition) is 2. The second-order valence-corrected chi connectivity index (χ2v) is 7.39. The summed E-state index contributed by atoms with van der Waals surface area (Å²) in [5.41, 5.74) is 3.22. The Bertz CT molecular complexity index is 921. The van der Waals surface area contributed by atoms with Crippen molar-refractivity contribution >= 4 is 29.1 Å². The number of rotatable bonds is 6. The molecule has 2 aromatic carbocycles. The van der Waals surface area contributed by atoms with Crippen LogP contribution in [0, 0.1) is 6.92 Å². The SMILES string of the molecule is Cc1nn(Cc2ccccc2)c(Cl)c1C(=O)N[C@H](C)Cc1ccc(Cl)cc1. The first-order valence-electron chi connectivity index (χ1n) is 8.76. The number of aromatic nitrogens is 2. The van der Waals surface area contributed by atoms with Crippen LogP contribution in [0.4, 0.5) is 0 Å². The van der Waals surface area contributed by atoms with E-state index in [4.69, 9.17) is 23.2 Å². The van der Waals surface area contributed by atoms with E-state index in [2.05, 4.69) is 10.4 Å². The van der Waals surface area contributed by atoms with Gasteiger partial charge in [-0.05, 0) is 43.5 Å². The smallest absolute Gasteiger partial charge is 0.256 e. The fourth-order valence-corrected chi connectivity index (χ4v) is 3.44. The Morgan fingerprint density at radius 3 is 2.41 bits per heavy atom. The fraction of sp³-hybridized carbons (Fsp3) is 0.238. The van der Waals surface area contributed by atoms with Gasteiger partial charge in [-0.25, -0.2) is 4.68 Å². The summed E-state index contributed by atoms with van der Waals surface area (Å²) in [6, 6.07) is 17.5. The molecule has 0 radical (unpaired) electrons. The second-order valence-electron chi connectivity index (χ2n) is 6.60. The maximum Gasteiger partial charge on any atom is 0.256 e. The van der Waals surface area contributed by atoms with Gasteiger partial charge in [0.25, 0.3) is 5.91 Å². The molecule has 0 bridgehead atoms. The van der Waals surface area contributed by atoms with Crippen LogP contribution in [0.25, 0.3) is 0 Å². The third-order valence-corrected chi connectivity index (χ3v) is 4.94. The first kappa shape index (κ1) is 19.5. The van der Waals surface area contributed by atoms with Crippen molar-refractivity contribution in [3.05, 3.63) is 87.2 Å². The van der Waals surface area contributed by atoms with E-state index in [9.17, 15) is 4.79 Å². The number of nitrogens with zero attached hydrogens (tertiary/aromatic N) is 2. The monoisotopic (exact) mass is 401 g/mol. The van der Waals surface area contributed by atoms with Crippen LogP contribution in [-0.4, -0.2) is 21.7 Å². The van der Waals surface area contributed by atoms with Gasteiger partial charge < -0.3 is 5.32 Å². The minimum absolute atomic E-state index is 0.0494. The second kappa shape index (κ2) is 8.59. The van der Waals surface area contributed by atoms with E-state index in [1.54, 1.807) is 11.6 Å². The molecule has 3 rings (SSSR count). The van der Waals surface area contributed by atoms with Gasteiger partial charge in [-0.15, -0.1) is 0 Å². The minimum atomic E-state index is -0.210. The standard InChI is InChI=1S/C21H21Cl2N3O/c1-14(12-16-8-10-18(22)11-9-16)24-21(27)19-15(2)25-26(20(19)23)13-17-6-4-3-5-7-17/h3-11,14H,12-13H2,1-2H3,(H,24,27)/t14-/m1/s1. The van der Waals surface area contributed by atoms with Crippen molar-refractivity contribution in [2.45, 2.75) is 32.9 Å². The highest BCUT2D eigenvalue weighted by molar-refractivity contribution is 6.33. The fourth-order valence-electron chi connectivity index (χ4n) is 2.99. The summed E-state index contributed by atoms with van der Waals surface area (Å²) >= 11 is 12.4. The Morgan fingerprint density at radius 2 is 1.74 bits per heavy atom. The summed E-state index contributed by atoms with van der Waals surface area (Å²) in [5, 5.41) is 8.50. The van der Waals surface area contributed by atoms with Gasteiger partial charge in [0.2, 0.25) is 0 Å². The quantitative estimate of drug-likeness (QED) is 0.637. The zero-order valence-corrected chi connectivity index (χ0v) is 16.8. The molecule has 0 saturated heterocycles. The number of aryl methyl sites for hydroxylation is 1. The Hall–Kier alpha value is -2.30. The molecule has 0 aliphatic heterocycles. The molecule has 0 unspecified atom stereocenters. The van der Waals surface area contributed by atoms with Gasteiger partial charge in [0.15, 0.2) is 0 Å². The van der Waals surface area contributed by atoms with Crippen LogP contribution in [0.5, 0.6) is 0 Å². The normalized spacial score (nSPS) is 12.0. The summed E-state index contributed by atoms with van der Waals surface area (Å²) in [5.74, 6) is -0.210. The van der Waals surface area contributed by atoms with E-state index in [1.807, 2.05) is 61.5 Å². The van der Waals surface area contributed by atoms with Crippen molar-refractivity contribution in [2.24, 2.45) is 0 Å². The van der Waals surface area contributed by atoms with Crippen LogP contribution in [0.1, 0.15) is 34.1 Å². The van der Waals surface area contributed by atoms with Gasteiger partial charge in [-0.2, -0.15) is 5.10 Å². The third kappa shape index (κ3) is 4.90. The lowest BCUT2D eigenvalue weighted by Gasteiger charge is -2.14. The van der Waals surface area contributed by atoms with Crippen molar-refractivity contribution in [2.75, 3.05) is 0 Å². The largest absolute Gasteiger partial charge is 0.349 e. The van der Waals surface area contributed by atoms with Crippen LogP contribution in [0.15, 0.2) is 54.6 Å². The molecule has 1 heterocycles. The molecule has 3 aromatic rings. The van der Waals surface area contributed by atoms with Crippen LogP contribution in [-0.2, 0) is 13.0 Å². The zero-order valence-electron chi connectivity index (χ0n) is 15.2. The maximum atomic E-state index is 12.7. The molecule has 1 atom stereocenters. The van der Waals surface area contributed by atoms with Gasteiger partial charge in [-0.3, -0.25) is 4.79 Å². The lowest BCUT2D eigenvalue weighted by Crippen LogP contribution is -2.34. The summed E-state index contributed by atoms with van der Waals surface area (Å²) < 4.78 is 1.66. The predicted octanol–water partition coefficient (Wildman–Crippen LogP) is 4.91. The molecule has 0 spiro atoms. The van der Waals surface area contributed by atoms with Gasteiger partial charge in [0.1, 0.15) is 5.15 Å². The molecule has 0 saturated carbocycles. The van der Waals surface area contributed by atoms with E-state index in [1.165, 1.54) is 0 Å². The molecule has 0 aliphatic carbocycles. The van der Waals surface area contributed by atoms with E-state index in [0.717, 1.165) is 11.1 Å². The molecular weight excluding hydrogens is 381 g/mol. The first-order chi connectivity index (χ1) is 12.9. The number of carbonyl (C=O) groups excluding carboxylic acids is 1. The van der Waals surface area contributed by atoms with E-state index in [0.29, 0.717) is 34.4 Å². The van der Waals surface area contributed by atoms with Crippen molar-refractivity contribution in [1.82, 2.24) is 15.1 Å².